The molecule has 0 fully saturated rings. The van der Waals surface area contributed by atoms with Gasteiger partial charge in [-0.2, -0.15) is 0 Å². The number of esters is 2. The molecule has 0 amide bonds. The molecule has 0 saturated carbocycles. The molecule has 0 spiro atoms. The number of allylic oxidation sites excluding steroid dienone is 18. The molecule has 0 aromatic rings. The van der Waals surface area contributed by atoms with Crippen molar-refractivity contribution in [2.75, 3.05) is 47.5 Å². The number of aliphatic carboxylic acids is 1. The Balaban J connectivity index is 4.48. The predicted octanol–water partition coefficient (Wildman–Crippen LogP) is 14.8. The molecule has 0 aliphatic carbocycles. The second-order valence-corrected chi connectivity index (χ2v) is 18.1. The first-order chi connectivity index (χ1) is 32.6. The number of hydrogen-bond donors (Lipinski definition) is 1. The highest BCUT2D eigenvalue weighted by atomic mass is 16.7. The number of quaternary nitrogens is 1. The van der Waals surface area contributed by atoms with E-state index in [4.69, 9.17) is 18.9 Å². The summed E-state index contributed by atoms with van der Waals surface area (Å²) >= 11 is 0. The maximum Gasteiger partial charge on any atom is 0.361 e. The zero-order valence-electron chi connectivity index (χ0n) is 43.0. The van der Waals surface area contributed by atoms with Gasteiger partial charge in [-0.05, 0) is 96.3 Å². The lowest BCUT2D eigenvalue weighted by molar-refractivity contribution is -0.870. The Bertz CT molecular complexity index is 1460. The topological polar surface area (TPSA) is 108 Å². The Hall–Kier alpha value is -4.05. The van der Waals surface area contributed by atoms with Gasteiger partial charge >= 0.3 is 17.9 Å². The van der Waals surface area contributed by atoms with Gasteiger partial charge < -0.3 is 28.5 Å². The van der Waals surface area contributed by atoms with Gasteiger partial charge in [0.25, 0.3) is 6.29 Å². The number of hydrogen-bond acceptors (Lipinski definition) is 7. The van der Waals surface area contributed by atoms with E-state index in [-0.39, 0.29) is 38.6 Å². The van der Waals surface area contributed by atoms with Crippen molar-refractivity contribution in [3.63, 3.8) is 0 Å². The summed E-state index contributed by atoms with van der Waals surface area (Å²) in [6.45, 7) is 4.64. The summed E-state index contributed by atoms with van der Waals surface area (Å²) < 4.78 is 22.7. The molecule has 0 rings (SSSR count). The molecule has 0 heterocycles. The van der Waals surface area contributed by atoms with Crippen LogP contribution in [0.25, 0.3) is 0 Å². The zero-order chi connectivity index (χ0) is 49.2. The Morgan fingerprint density at radius 3 is 1.31 bits per heavy atom. The molecule has 0 aromatic carbocycles. The summed E-state index contributed by atoms with van der Waals surface area (Å²) in [6, 6.07) is 0. The van der Waals surface area contributed by atoms with Crippen molar-refractivity contribution in [2.45, 2.75) is 193 Å². The Labute approximate surface area is 409 Å². The fraction of sp³-hybridized carbons (Fsp3) is 0.638. The molecular formula is C58H96NO8+. The number of carboxylic acids is 1. The quantitative estimate of drug-likeness (QED) is 0.0211. The molecule has 0 aromatic heterocycles. The molecular weight excluding hydrogens is 839 g/mol. The summed E-state index contributed by atoms with van der Waals surface area (Å²) in [5.41, 5.74) is 0. The van der Waals surface area contributed by atoms with Crippen LogP contribution >= 0.6 is 0 Å². The van der Waals surface area contributed by atoms with Gasteiger partial charge in [0.1, 0.15) is 13.2 Å². The van der Waals surface area contributed by atoms with Crippen molar-refractivity contribution in [1.82, 2.24) is 0 Å². The first-order valence-corrected chi connectivity index (χ1v) is 26.1. The number of carbonyl (C=O) groups excluding carboxylic acids is 2. The summed E-state index contributed by atoms with van der Waals surface area (Å²) in [6.07, 6.45) is 63.0. The SMILES string of the molecule is CC/C=C\C/C=C\C/C=C\C/C=C\C/C=C\C/C=C\C/C=C\CCCC(=O)OC(COC(=O)CCCCCCCCCCC/C=C\C/C=C\CCCCC)COC(OCC[N+](C)(C)C)C(=O)O. The molecule has 9 nitrogen and oxygen atoms in total. The monoisotopic (exact) mass is 935 g/mol. The van der Waals surface area contributed by atoms with Gasteiger partial charge in [-0.15, -0.1) is 0 Å². The highest BCUT2D eigenvalue weighted by molar-refractivity contribution is 5.71. The molecule has 0 aliphatic heterocycles. The molecule has 380 valence electrons. The second kappa shape index (κ2) is 48.4. The number of rotatable bonds is 46. The van der Waals surface area contributed by atoms with Gasteiger partial charge in [-0.1, -0.05) is 181 Å². The maximum atomic E-state index is 12.8. The first-order valence-electron chi connectivity index (χ1n) is 26.1. The molecule has 0 saturated heterocycles. The van der Waals surface area contributed by atoms with E-state index in [0.717, 1.165) is 83.5 Å². The average molecular weight is 935 g/mol. The molecule has 2 unspecified atom stereocenters. The number of likely N-dealkylation sites (N-methyl/N-ethyl adjacent to an activating group) is 1. The summed E-state index contributed by atoms with van der Waals surface area (Å²) in [7, 11) is 5.93. The van der Waals surface area contributed by atoms with Gasteiger partial charge in [-0.3, -0.25) is 9.59 Å². The maximum absolute atomic E-state index is 12.8. The van der Waals surface area contributed by atoms with Crippen LogP contribution in [-0.4, -0.2) is 87.4 Å². The van der Waals surface area contributed by atoms with Crippen LogP contribution in [0.5, 0.6) is 0 Å². The molecule has 0 aliphatic rings. The highest BCUT2D eigenvalue weighted by Crippen LogP contribution is 2.13. The number of unbranched alkanes of at least 4 members (excludes halogenated alkanes) is 13. The van der Waals surface area contributed by atoms with E-state index >= 15 is 0 Å². The average Bonchev–Trinajstić information content (AvgIpc) is 3.29. The number of carbonyl (C=O) groups is 3. The van der Waals surface area contributed by atoms with Crippen molar-refractivity contribution in [3.8, 4) is 0 Å². The largest absolute Gasteiger partial charge is 0.477 e. The lowest BCUT2D eigenvalue weighted by Crippen LogP contribution is -2.40. The number of ether oxygens (including phenoxy) is 4. The zero-order valence-corrected chi connectivity index (χ0v) is 43.0. The predicted molar refractivity (Wildman–Crippen MR) is 281 cm³/mol. The van der Waals surface area contributed by atoms with Crippen LogP contribution in [0, 0.1) is 0 Å². The van der Waals surface area contributed by atoms with Gasteiger partial charge in [-0.25, -0.2) is 4.79 Å². The summed E-state index contributed by atoms with van der Waals surface area (Å²) in [5, 5.41) is 9.67. The molecule has 67 heavy (non-hydrogen) atoms. The fourth-order valence-electron chi connectivity index (χ4n) is 6.50. The lowest BCUT2D eigenvalue weighted by Gasteiger charge is -2.25. The van der Waals surface area contributed by atoms with E-state index < -0.39 is 24.3 Å². The Morgan fingerprint density at radius 2 is 0.866 bits per heavy atom. The first kappa shape index (κ1) is 63.0. The van der Waals surface area contributed by atoms with Crippen molar-refractivity contribution < 1.29 is 42.9 Å². The van der Waals surface area contributed by atoms with E-state index in [0.29, 0.717) is 23.9 Å². The smallest absolute Gasteiger partial charge is 0.361 e. The highest BCUT2D eigenvalue weighted by Gasteiger charge is 2.25. The third-order valence-electron chi connectivity index (χ3n) is 10.5. The molecule has 2 atom stereocenters. The van der Waals surface area contributed by atoms with Crippen molar-refractivity contribution in [3.05, 3.63) is 109 Å². The van der Waals surface area contributed by atoms with E-state index in [2.05, 4.69) is 123 Å². The van der Waals surface area contributed by atoms with Crippen molar-refractivity contribution in [2.24, 2.45) is 0 Å². The van der Waals surface area contributed by atoms with Crippen molar-refractivity contribution in [1.29, 1.82) is 0 Å². The van der Waals surface area contributed by atoms with Crippen LogP contribution in [0.3, 0.4) is 0 Å². The third-order valence-corrected chi connectivity index (χ3v) is 10.5. The van der Waals surface area contributed by atoms with E-state index in [1.54, 1.807) is 0 Å². The lowest BCUT2D eigenvalue weighted by atomic mass is 10.1. The minimum Gasteiger partial charge on any atom is -0.477 e. The minimum absolute atomic E-state index is 0.170. The Morgan fingerprint density at radius 1 is 0.463 bits per heavy atom. The summed E-state index contributed by atoms with van der Waals surface area (Å²) in [5.74, 6) is -2.11. The van der Waals surface area contributed by atoms with Crippen LogP contribution in [0.15, 0.2) is 109 Å². The minimum atomic E-state index is -1.53. The Kier molecular flexibility index (Phi) is 45.5. The third kappa shape index (κ3) is 49.7. The van der Waals surface area contributed by atoms with Gasteiger partial charge in [0, 0.05) is 12.8 Å². The number of carboxylic acid groups (broad SMARTS) is 1. The van der Waals surface area contributed by atoms with E-state index in [1.165, 1.54) is 57.8 Å². The fourth-order valence-corrected chi connectivity index (χ4v) is 6.50. The van der Waals surface area contributed by atoms with Gasteiger partial charge in [0.15, 0.2) is 6.10 Å². The van der Waals surface area contributed by atoms with Crippen LogP contribution in [0.4, 0.5) is 0 Å². The normalized spacial score (nSPS) is 13.7. The van der Waals surface area contributed by atoms with Crippen LogP contribution in [0.1, 0.15) is 181 Å². The van der Waals surface area contributed by atoms with E-state index in [1.807, 2.05) is 21.1 Å². The standard InChI is InChI=1S/C58H95NO8/c1-6-8-10-12-14-16-18-20-22-24-26-27-28-29-31-33-35-37-39-41-43-45-47-49-56(61)67-54(53-66-58(57(62)63)64-51-50-59(3,4)5)52-65-55(60)48-46-44-42-40-38-36-34-32-30-25-23-21-19-17-15-13-11-9-7-2/h8,10,14-17,20-23,26-27,29,31,35,37,41,43,54,58H,6-7,9,11-13,18-19,24-25,28,30,32-34,36,38-40,42,44-53H2,1-5H3/p+1/b10-8-,16-14-,17-15-,22-20-,23-21-,27-26-,31-29-,37-35-,43-41-. The van der Waals surface area contributed by atoms with Gasteiger partial charge in [0.05, 0.1) is 34.4 Å². The molecule has 0 radical (unpaired) electrons. The number of nitrogens with zero attached hydrogens (tertiary/aromatic N) is 1. The van der Waals surface area contributed by atoms with Crippen molar-refractivity contribution >= 4 is 17.9 Å². The van der Waals surface area contributed by atoms with Crippen LogP contribution in [-0.2, 0) is 33.3 Å². The van der Waals surface area contributed by atoms with E-state index in [9.17, 15) is 19.5 Å². The molecule has 9 heteroatoms. The van der Waals surface area contributed by atoms with Crippen LogP contribution < -0.4 is 0 Å². The second-order valence-electron chi connectivity index (χ2n) is 18.1. The molecule has 0 bridgehead atoms. The summed E-state index contributed by atoms with van der Waals surface area (Å²) in [4.78, 5) is 37.3. The van der Waals surface area contributed by atoms with Gasteiger partial charge in [0.2, 0.25) is 0 Å². The molecule has 1 N–H and O–H groups in total. The van der Waals surface area contributed by atoms with Crippen LogP contribution in [0.2, 0.25) is 0 Å².